The number of carbonyl (C=O) groups excluding carboxylic acids is 1. The first-order valence-corrected chi connectivity index (χ1v) is 7.98. The third-order valence-electron chi connectivity index (χ3n) is 3.97. The Hall–Kier alpha value is -1.10. The Bertz CT molecular complexity index is 467. The molecule has 2 N–H and O–H groups in total. The normalized spacial score (nSPS) is 18.9. The Morgan fingerprint density at radius 3 is 3.00 bits per heavy atom. The van der Waals surface area contributed by atoms with Gasteiger partial charge in [-0.05, 0) is 44.4 Å². The van der Waals surface area contributed by atoms with Crippen LogP contribution in [0.25, 0.3) is 0 Å². The second-order valence-electron chi connectivity index (χ2n) is 5.48. The lowest BCUT2D eigenvalue weighted by Crippen LogP contribution is -2.32. The maximum atomic E-state index is 12.0. The number of anilines is 1. The zero-order valence-corrected chi connectivity index (χ0v) is 13.0. The summed E-state index contributed by atoms with van der Waals surface area (Å²) in [7, 11) is 0. The molecule has 1 atom stereocenters. The number of carbonyl (C=O) groups is 1. The van der Waals surface area contributed by atoms with Crippen LogP contribution in [-0.2, 0) is 4.79 Å². The Kier molecular flexibility index (Phi) is 6.49. The third kappa shape index (κ3) is 4.99. The Morgan fingerprint density at radius 1 is 1.43 bits per heavy atom. The van der Waals surface area contributed by atoms with Crippen molar-refractivity contribution in [2.24, 2.45) is 0 Å². The van der Waals surface area contributed by atoms with E-state index in [0.717, 1.165) is 25.9 Å². The highest BCUT2D eigenvalue weighted by Crippen LogP contribution is 2.22. The van der Waals surface area contributed by atoms with Gasteiger partial charge < -0.3 is 10.4 Å². The fourth-order valence-electron chi connectivity index (χ4n) is 2.86. The molecule has 116 valence electrons. The molecular formula is C16H23ClN2O2. The van der Waals surface area contributed by atoms with E-state index in [1.807, 2.05) is 12.1 Å². The van der Waals surface area contributed by atoms with Gasteiger partial charge in [-0.1, -0.05) is 23.7 Å². The first kappa shape index (κ1) is 16.3. The Morgan fingerprint density at radius 2 is 2.24 bits per heavy atom. The molecule has 1 aliphatic heterocycles. The number of rotatable bonds is 7. The van der Waals surface area contributed by atoms with Gasteiger partial charge in [0.2, 0.25) is 5.91 Å². The van der Waals surface area contributed by atoms with Gasteiger partial charge in [-0.15, -0.1) is 0 Å². The summed E-state index contributed by atoms with van der Waals surface area (Å²) in [5.41, 5.74) is 0.669. The number of aliphatic hydroxyl groups is 1. The Balaban J connectivity index is 1.77. The lowest BCUT2D eigenvalue weighted by molar-refractivity contribution is -0.116. The van der Waals surface area contributed by atoms with Crippen LogP contribution >= 0.6 is 11.6 Å². The second kappa shape index (κ2) is 8.37. The molecule has 0 saturated carbocycles. The highest BCUT2D eigenvalue weighted by Gasteiger charge is 2.24. The standard InChI is InChI=1S/C16H23ClN2O2/c17-14-7-1-2-8-15(14)18-16(21)9-11-19-10-3-5-13(19)6-4-12-20/h1-2,7-8,13,20H,3-6,9-12H2,(H,18,21). The molecule has 1 aromatic rings. The third-order valence-corrected chi connectivity index (χ3v) is 4.30. The monoisotopic (exact) mass is 310 g/mol. The summed E-state index contributed by atoms with van der Waals surface area (Å²) in [6.45, 7) is 2.07. The van der Waals surface area contributed by atoms with Crippen LogP contribution in [0.1, 0.15) is 32.1 Å². The quantitative estimate of drug-likeness (QED) is 0.814. The van der Waals surface area contributed by atoms with E-state index in [-0.39, 0.29) is 12.5 Å². The smallest absolute Gasteiger partial charge is 0.225 e. The Labute approximate surface area is 131 Å². The van der Waals surface area contributed by atoms with E-state index in [2.05, 4.69) is 10.2 Å². The summed E-state index contributed by atoms with van der Waals surface area (Å²) in [6.07, 6.45) is 4.69. The van der Waals surface area contributed by atoms with E-state index >= 15 is 0 Å². The number of nitrogens with zero attached hydrogens (tertiary/aromatic N) is 1. The average Bonchev–Trinajstić information content (AvgIpc) is 2.93. The van der Waals surface area contributed by atoms with Gasteiger partial charge in [0.1, 0.15) is 0 Å². The topological polar surface area (TPSA) is 52.6 Å². The van der Waals surface area contributed by atoms with Gasteiger partial charge in [0.05, 0.1) is 10.7 Å². The van der Waals surface area contributed by atoms with E-state index in [1.54, 1.807) is 12.1 Å². The highest BCUT2D eigenvalue weighted by atomic mass is 35.5. The fourth-order valence-corrected chi connectivity index (χ4v) is 3.05. The van der Waals surface area contributed by atoms with Crippen molar-refractivity contribution >= 4 is 23.2 Å². The van der Waals surface area contributed by atoms with Crippen LogP contribution in [-0.4, -0.2) is 41.7 Å². The van der Waals surface area contributed by atoms with Gasteiger partial charge in [0.15, 0.2) is 0 Å². The van der Waals surface area contributed by atoms with Crippen molar-refractivity contribution in [2.75, 3.05) is 25.0 Å². The summed E-state index contributed by atoms with van der Waals surface area (Å²) < 4.78 is 0. The molecule has 0 aliphatic carbocycles. The van der Waals surface area contributed by atoms with E-state index < -0.39 is 0 Å². The summed E-state index contributed by atoms with van der Waals surface area (Å²) in [4.78, 5) is 14.4. The van der Waals surface area contributed by atoms with Crippen molar-refractivity contribution in [1.29, 1.82) is 0 Å². The number of amides is 1. The second-order valence-corrected chi connectivity index (χ2v) is 5.88. The highest BCUT2D eigenvalue weighted by molar-refractivity contribution is 6.33. The molecule has 1 fully saturated rings. The van der Waals surface area contributed by atoms with E-state index in [0.29, 0.717) is 23.2 Å². The lowest BCUT2D eigenvalue weighted by atomic mass is 10.1. The van der Waals surface area contributed by atoms with Crippen molar-refractivity contribution in [2.45, 2.75) is 38.1 Å². The summed E-state index contributed by atoms with van der Waals surface area (Å²) in [6, 6.07) is 7.79. The summed E-state index contributed by atoms with van der Waals surface area (Å²) in [5.74, 6) is -0.00379. The molecule has 0 spiro atoms. The van der Waals surface area contributed by atoms with Crippen LogP contribution < -0.4 is 5.32 Å². The van der Waals surface area contributed by atoms with Gasteiger partial charge in [-0.2, -0.15) is 0 Å². The van der Waals surface area contributed by atoms with Crippen LogP contribution in [0, 0.1) is 0 Å². The van der Waals surface area contributed by atoms with Crippen LogP contribution in [0.15, 0.2) is 24.3 Å². The largest absolute Gasteiger partial charge is 0.396 e. The molecule has 1 amide bonds. The number of hydrogen-bond donors (Lipinski definition) is 2. The van der Waals surface area contributed by atoms with E-state index in [9.17, 15) is 4.79 Å². The summed E-state index contributed by atoms with van der Waals surface area (Å²) >= 11 is 6.03. The lowest BCUT2D eigenvalue weighted by Gasteiger charge is -2.23. The predicted molar refractivity (Wildman–Crippen MR) is 85.6 cm³/mol. The number of para-hydroxylation sites is 1. The van der Waals surface area contributed by atoms with Gasteiger partial charge in [0, 0.05) is 25.6 Å². The molecule has 1 unspecified atom stereocenters. The number of benzene rings is 1. The maximum absolute atomic E-state index is 12.0. The van der Waals surface area contributed by atoms with Gasteiger partial charge in [-0.3, -0.25) is 9.69 Å². The summed E-state index contributed by atoms with van der Waals surface area (Å²) in [5, 5.41) is 12.3. The molecular weight excluding hydrogens is 288 g/mol. The van der Waals surface area contributed by atoms with Gasteiger partial charge >= 0.3 is 0 Å². The van der Waals surface area contributed by atoms with Gasteiger partial charge in [0.25, 0.3) is 0 Å². The average molecular weight is 311 g/mol. The number of hydrogen-bond acceptors (Lipinski definition) is 3. The van der Waals surface area contributed by atoms with Crippen LogP contribution in [0.5, 0.6) is 0 Å². The molecule has 1 saturated heterocycles. The number of aliphatic hydroxyl groups excluding tert-OH is 1. The van der Waals surface area contributed by atoms with E-state index in [1.165, 1.54) is 12.8 Å². The van der Waals surface area contributed by atoms with Crippen LogP contribution in [0.3, 0.4) is 0 Å². The first-order valence-electron chi connectivity index (χ1n) is 7.60. The van der Waals surface area contributed by atoms with Crippen LogP contribution in [0.4, 0.5) is 5.69 Å². The first-order chi connectivity index (χ1) is 10.2. The maximum Gasteiger partial charge on any atom is 0.225 e. The molecule has 4 nitrogen and oxygen atoms in total. The van der Waals surface area contributed by atoms with Crippen molar-refractivity contribution in [3.05, 3.63) is 29.3 Å². The van der Waals surface area contributed by atoms with Crippen molar-refractivity contribution in [3.63, 3.8) is 0 Å². The molecule has 2 rings (SSSR count). The van der Waals surface area contributed by atoms with Crippen molar-refractivity contribution in [1.82, 2.24) is 4.90 Å². The molecule has 0 bridgehead atoms. The predicted octanol–water partition coefficient (Wildman–Crippen LogP) is 2.91. The van der Waals surface area contributed by atoms with E-state index in [4.69, 9.17) is 16.7 Å². The van der Waals surface area contributed by atoms with Crippen LogP contribution in [0.2, 0.25) is 5.02 Å². The number of halogens is 1. The molecule has 1 aliphatic rings. The molecule has 1 heterocycles. The minimum Gasteiger partial charge on any atom is -0.396 e. The molecule has 5 heteroatoms. The molecule has 1 aromatic carbocycles. The zero-order chi connectivity index (χ0) is 15.1. The minimum absolute atomic E-state index is 0.00379. The SMILES string of the molecule is O=C(CCN1CCCC1CCCO)Nc1ccccc1Cl. The number of likely N-dealkylation sites (tertiary alicyclic amines) is 1. The fraction of sp³-hybridized carbons (Fsp3) is 0.562. The minimum atomic E-state index is -0.00379. The van der Waals surface area contributed by atoms with Crippen molar-refractivity contribution in [3.8, 4) is 0 Å². The molecule has 0 radical (unpaired) electrons. The number of nitrogens with one attached hydrogen (secondary N) is 1. The zero-order valence-electron chi connectivity index (χ0n) is 12.2. The molecule has 21 heavy (non-hydrogen) atoms. The van der Waals surface area contributed by atoms with Crippen molar-refractivity contribution < 1.29 is 9.90 Å². The molecule has 0 aromatic heterocycles. The van der Waals surface area contributed by atoms with Gasteiger partial charge in [-0.25, -0.2) is 0 Å².